The lowest BCUT2D eigenvalue weighted by Gasteiger charge is -2.15. The van der Waals surface area contributed by atoms with Gasteiger partial charge in [0.05, 0.1) is 10.9 Å². The maximum Gasteiger partial charge on any atom is 0.357 e. The van der Waals surface area contributed by atoms with Crippen LogP contribution in [0.25, 0.3) is 0 Å². The van der Waals surface area contributed by atoms with Gasteiger partial charge in [-0.05, 0) is 29.7 Å². The molecule has 0 spiro atoms. The van der Waals surface area contributed by atoms with Crippen LogP contribution in [0.2, 0.25) is 0 Å². The fraction of sp³-hybridized carbons (Fsp3) is 0.188. The Morgan fingerprint density at radius 3 is 2.17 bits per heavy atom. The van der Waals surface area contributed by atoms with Gasteiger partial charge in [-0.15, -0.1) is 0 Å². The van der Waals surface area contributed by atoms with Crippen LogP contribution in [0.5, 0.6) is 17.2 Å². The minimum absolute atomic E-state index is 0.0808. The number of Topliss-reactive ketones (excluding diaryl/α,β-unsaturated/α-hetero) is 1. The summed E-state index contributed by atoms with van der Waals surface area (Å²) in [5.74, 6) is -2.12. The third-order valence-electron chi connectivity index (χ3n) is 3.63. The third kappa shape index (κ3) is 3.94. The second kappa shape index (κ2) is 6.65. The zero-order valence-corrected chi connectivity index (χ0v) is 13.6. The predicted molar refractivity (Wildman–Crippen MR) is 86.9 cm³/mol. The zero-order valence-electron chi connectivity index (χ0n) is 12.7. The Hall–Kier alpha value is -2.34. The van der Waals surface area contributed by atoms with Crippen LogP contribution in [0.4, 0.5) is 0 Å². The van der Waals surface area contributed by atoms with E-state index in [1.54, 1.807) is 19.1 Å². The number of hydrogen-bond acceptors (Lipinski definition) is 5. The molecular formula is C16H17O7P. The standard InChI is InChI=1S/C16H17O7P/c1-9(10-2-4-11(17)5-3-10)6-13(19)16-14(20)7-12(18)8-15(16)24(21,22)23/h2-5,7-9,17-18,20H,6H2,1H3,(H2,21,22,23). The maximum atomic E-state index is 12.5. The molecule has 2 rings (SSSR count). The molecule has 0 bridgehead atoms. The molecule has 0 saturated heterocycles. The highest BCUT2D eigenvalue weighted by molar-refractivity contribution is 7.60. The van der Waals surface area contributed by atoms with Crippen LogP contribution in [0.15, 0.2) is 36.4 Å². The number of ketones is 1. The van der Waals surface area contributed by atoms with Gasteiger partial charge in [0.1, 0.15) is 17.2 Å². The zero-order chi connectivity index (χ0) is 18.1. The van der Waals surface area contributed by atoms with E-state index in [4.69, 9.17) is 0 Å². The molecule has 8 heteroatoms. The highest BCUT2D eigenvalue weighted by Gasteiger charge is 2.29. The summed E-state index contributed by atoms with van der Waals surface area (Å²) in [6.07, 6.45) is -0.115. The summed E-state index contributed by atoms with van der Waals surface area (Å²) in [4.78, 5) is 31.2. The van der Waals surface area contributed by atoms with Gasteiger partial charge in [-0.25, -0.2) is 0 Å². The average Bonchev–Trinajstić information content (AvgIpc) is 2.45. The highest BCUT2D eigenvalue weighted by atomic mass is 31.2. The smallest absolute Gasteiger partial charge is 0.357 e. The number of benzene rings is 2. The van der Waals surface area contributed by atoms with Crippen LogP contribution in [0.1, 0.15) is 35.2 Å². The quantitative estimate of drug-likeness (QED) is 0.410. The SMILES string of the molecule is CC(CC(=O)c1c(O)cc(O)cc1P(=O)(O)O)c1ccc(O)cc1. The van der Waals surface area contributed by atoms with Gasteiger partial charge in [0, 0.05) is 12.5 Å². The van der Waals surface area contributed by atoms with Gasteiger partial charge >= 0.3 is 7.60 Å². The summed E-state index contributed by atoms with van der Waals surface area (Å²) < 4.78 is 11.5. The average molecular weight is 352 g/mol. The summed E-state index contributed by atoms with van der Waals surface area (Å²) in [6.45, 7) is 1.74. The van der Waals surface area contributed by atoms with Gasteiger partial charge in [-0.2, -0.15) is 0 Å². The Bertz CT molecular complexity index is 808. The first-order chi connectivity index (χ1) is 11.1. The summed E-state index contributed by atoms with van der Waals surface area (Å²) >= 11 is 0. The molecule has 2 aromatic rings. The first-order valence-electron chi connectivity index (χ1n) is 7.04. The molecule has 0 aliphatic carbocycles. The molecule has 1 unspecified atom stereocenters. The molecule has 0 aliphatic rings. The number of phenolic OH excluding ortho intramolecular Hbond substituents is 3. The molecule has 0 fully saturated rings. The van der Waals surface area contributed by atoms with Crippen LogP contribution in [-0.4, -0.2) is 30.9 Å². The topological polar surface area (TPSA) is 135 Å². The van der Waals surface area contributed by atoms with Gasteiger partial charge in [-0.1, -0.05) is 19.1 Å². The molecule has 24 heavy (non-hydrogen) atoms. The predicted octanol–water partition coefficient (Wildman–Crippen LogP) is 1.98. The van der Waals surface area contributed by atoms with Crippen molar-refractivity contribution >= 4 is 18.7 Å². The second-order valence-electron chi connectivity index (χ2n) is 5.52. The van der Waals surface area contributed by atoms with Crippen LogP contribution >= 0.6 is 7.60 Å². The lowest BCUT2D eigenvalue weighted by molar-refractivity contribution is 0.0973. The molecule has 0 amide bonds. The van der Waals surface area contributed by atoms with Crippen LogP contribution in [0, 0.1) is 0 Å². The highest BCUT2D eigenvalue weighted by Crippen LogP contribution is 2.39. The van der Waals surface area contributed by atoms with E-state index in [9.17, 15) is 34.5 Å². The Labute approximate surface area is 138 Å². The fourth-order valence-electron chi connectivity index (χ4n) is 2.41. The first kappa shape index (κ1) is 18.0. The Morgan fingerprint density at radius 1 is 1.04 bits per heavy atom. The van der Waals surface area contributed by atoms with Crippen molar-refractivity contribution in [1.82, 2.24) is 0 Å². The molecule has 1 atom stereocenters. The normalized spacial score (nSPS) is 12.8. The molecule has 0 heterocycles. The lowest BCUT2D eigenvalue weighted by Crippen LogP contribution is -2.18. The number of carbonyl (C=O) groups is 1. The first-order valence-corrected chi connectivity index (χ1v) is 8.65. The van der Waals surface area contributed by atoms with E-state index in [1.807, 2.05) is 0 Å². The molecule has 5 N–H and O–H groups in total. The van der Waals surface area contributed by atoms with Crippen LogP contribution < -0.4 is 5.30 Å². The lowest BCUT2D eigenvalue weighted by atomic mass is 9.93. The number of carbonyl (C=O) groups excluding carboxylic acids is 1. The van der Waals surface area contributed by atoms with Crippen LogP contribution in [0.3, 0.4) is 0 Å². The summed E-state index contributed by atoms with van der Waals surface area (Å²) in [5, 5.41) is 27.9. The molecule has 2 aromatic carbocycles. The monoisotopic (exact) mass is 352 g/mol. The number of rotatable bonds is 5. The van der Waals surface area contributed by atoms with Crippen molar-refractivity contribution in [2.24, 2.45) is 0 Å². The summed E-state index contributed by atoms with van der Waals surface area (Å²) in [7, 11) is -4.86. The van der Waals surface area contributed by atoms with E-state index in [-0.39, 0.29) is 18.1 Å². The fourth-order valence-corrected chi connectivity index (χ4v) is 3.24. The van der Waals surface area contributed by atoms with Gasteiger partial charge < -0.3 is 25.1 Å². The van der Waals surface area contributed by atoms with Crippen molar-refractivity contribution in [1.29, 1.82) is 0 Å². The molecule has 7 nitrogen and oxygen atoms in total. The molecule has 0 aromatic heterocycles. The van der Waals surface area contributed by atoms with E-state index < -0.39 is 35.7 Å². The van der Waals surface area contributed by atoms with Crippen molar-refractivity contribution in [3.63, 3.8) is 0 Å². The van der Waals surface area contributed by atoms with Gasteiger partial charge in [-0.3, -0.25) is 9.36 Å². The summed E-state index contributed by atoms with van der Waals surface area (Å²) in [5.41, 5.74) is 0.254. The van der Waals surface area contributed by atoms with E-state index in [0.29, 0.717) is 0 Å². The van der Waals surface area contributed by atoms with Crippen molar-refractivity contribution in [3.05, 3.63) is 47.5 Å². The molecule has 0 aliphatic heterocycles. The molecule has 0 saturated carbocycles. The Morgan fingerprint density at radius 2 is 1.62 bits per heavy atom. The van der Waals surface area contributed by atoms with Crippen molar-refractivity contribution < 1.29 is 34.5 Å². The second-order valence-corrected chi connectivity index (χ2v) is 7.09. The van der Waals surface area contributed by atoms with Gasteiger partial charge in [0.25, 0.3) is 0 Å². The minimum atomic E-state index is -4.86. The largest absolute Gasteiger partial charge is 0.508 e. The summed E-state index contributed by atoms with van der Waals surface area (Å²) in [6, 6.07) is 7.84. The number of aromatic hydroxyl groups is 3. The van der Waals surface area contributed by atoms with E-state index in [2.05, 4.69) is 0 Å². The van der Waals surface area contributed by atoms with Gasteiger partial charge in [0.2, 0.25) is 0 Å². The van der Waals surface area contributed by atoms with Gasteiger partial charge in [0.15, 0.2) is 5.78 Å². The van der Waals surface area contributed by atoms with Crippen LogP contribution in [-0.2, 0) is 4.57 Å². The van der Waals surface area contributed by atoms with E-state index in [1.165, 1.54) is 12.1 Å². The van der Waals surface area contributed by atoms with Crippen molar-refractivity contribution in [2.75, 3.05) is 0 Å². The minimum Gasteiger partial charge on any atom is -0.508 e. The molecular weight excluding hydrogens is 335 g/mol. The molecule has 0 radical (unpaired) electrons. The van der Waals surface area contributed by atoms with Crippen molar-refractivity contribution in [3.8, 4) is 17.2 Å². The van der Waals surface area contributed by atoms with E-state index >= 15 is 0 Å². The van der Waals surface area contributed by atoms with Crippen molar-refractivity contribution in [2.45, 2.75) is 19.3 Å². The Kier molecular flexibility index (Phi) is 4.99. The third-order valence-corrected chi connectivity index (χ3v) is 4.61. The number of hydrogen-bond donors (Lipinski definition) is 5. The Balaban J connectivity index is 2.36. The number of phenols is 3. The molecule has 128 valence electrons. The van der Waals surface area contributed by atoms with E-state index in [0.717, 1.165) is 17.7 Å². The maximum absolute atomic E-state index is 12.5.